The fourth-order valence-corrected chi connectivity index (χ4v) is 3.10. The van der Waals surface area contributed by atoms with Crippen molar-refractivity contribution in [1.29, 1.82) is 0 Å². The molecule has 3 heterocycles. The molecule has 4 nitrogen and oxygen atoms in total. The molecule has 2 aromatic heterocycles. The SMILES string of the molecule is Cc1ccc(C(c2ccncc2C)N2CCCNCC2)nc1. The van der Waals surface area contributed by atoms with E-state index >= 15 is 0 Å². The molecule has 1 fully saturated rings. The van der Waals surface area contributed by atoms with Crippen LogP contribution in [-0.4, -0.2) is 41.0 Å². The Balaban J connectivity index is 2.01. The van der Waals surface area contributed by atoms with E-state index in [-0.39, 0.29) is 6.04 Å². The fraction of sp³-hybridized carbons (Fsp3) is 0.444. The highest BCUT2D eigenvalue weighted by molar-refractivity contribution is 5.33. The van der Waals surface area contributed by atoms with Crippen LogP contribution in [0.4, 0.5) is 0 Å². The van der Waals surface area contributed by atoms with Gasteiger partial charge in [-0.2, -0.15) is 0 Å². The molecule has 22 heavy (non-hydrogen) atoms. The minimum atomic E-state index is 0.212. The Bertz CT molecular complexity index is 601. The monoisotopic (exact) mass is 296 g/mol. The van der Waals surface area contributed by atoms with Crippen molar-refractivity contribution in [3.63, 3.8) is 0 Å². The third-order valence-electron chi connectivity index (χ3n) is 4.31. The number of aryl methyl sites for hydroxylation is 2. The summed E-state index contributed by atoms with van der Waals surface area (Å²) >= 11 is 0. The van der Waals surface area contributed by atoms with Crippen molar-refractivity contribution < 1.29 is 0 Å². The van der Waals surface area contributed by atoms with E-state index in [9.17, 15) is 0 Å². The molecule has 1 N–H and O–H groups in total. The predicted molar refractivity (Wildman–Crippen MR) is 88.9 cm³/mol. The van der Waals surface area contributed by atoms with Crippen LogP contribution in [-0.2, 0) is 0 Å². The summed E-state index contributed by atoms with van der Waals surface area (Å²) in [5.41, 5.74) is 4.87. The first-order valence-corrected chi connectivity index (χ1v) is 8.03. The maximum Gasteiger partial charge on any atom is 0.0780 e. The standard InChI is InChI=1S/C18H24N4/c1-14-4-5-17(21-12-14)18(16-6-8-20-13-15(16)2)22-10-3-7-19-9-11-22/h4-6,8,12-13,18-19H,3,7,9-11H2,1-2H3. The third-order valence-corrected chi connectivity index (χ3v) is 4.31. The molecular formula is C18H24N4. The first-order valence-electron chi connectivity index (χ1n) is 8.03. The first-order chi connectivity index (χ1) is 10.8. The van der Waals surface area contributed by atoms with Gasteiger partial charge in [0.25, 0.3) is 0 Å². The number of rotatable bonds is 3. The lowest BCUT2D eigenvalue weighted by Gasteiger charge is -2.31. The lowest BCUT2D eigenvalue weighted by Crippen LogP contribution is -2.33. The van der Waals surface area contributed by atoms with Gasteiger partial charge in [0.05, 0.1) is 11.7 Å². The fourth-order valence-electron chi connectivity index (χ4n) is 3.10. The van der Waals surface area contributed by atoms with E-state index in [2.05, 4.69) is 47.2 Å². The van der Waals surface area contributed by atoms with E-state index in [4.69, 9.17) is 4.98 Å². The molecule has 116 valence electrons. The van der Waals surface area contributed by atoms with Crippen LogP contribution in [0.25, 0.3) is 0 Å². The molecule has 1 saturated heterocycles. The van der Waals surface area contributed by atoms with Crippen molar-refractivity contribution in [2.75, 3.05) is 26.2 Å². The van der Waals surface area contributed by atoms with Crippen molar-refractivity contribution in [1.82, 2.24) is 20.2 Å². The van der Waals surface area contributed by atoms with E-state index in [0.717, 1.165) is 31.9 Å². The normalized spacial score (nSPS) is 17.9. The van der Waals surface area contributed by atoms with Gasteiger partial charge in [-0.25, -0.2) is 0 Å². The lowest BCUT2D eigenvalue weighted by atomic mass is 9.98. The molecule has 0 radical (unpaired) electrons. The number of aromatic nitrogens is 2. The second-order valence-electron chi connectivity index (χ2n) is 6.03. The van der Waals surface area contributed by atoms with E-state index in [1.165, 1.54) is 23.1 Å². The molecule has 3 rings (SSSR count). The molecule has 1 aliphatic rings. The van der Waals surface area contributed by atoms with E-state index in [1.807, 2.05) is 18.6 Å². The van der Waals surface area contributed by atoms with Crippen LogP contribution < -0.4 is 5.32 Å². The van der Waals surface area contributed by atoms with Gasteiger partial charge in [0.1, 0.15) is 0 Å². The molecule has 2 aromatic rings. The molecule has 0 spiro atoms. The number of pyridine rings is 2. The molecule has 0 bridgehead atoms. The van der Waals surface area contributed by atoms with Crippen LogP contribution in [0.3, 0.4) is 0 Å². The van der Waals surface area contributed by atoms with Crippen LogP contribution >= 0.6 is 0 Å². The molecule has 4 heteroatoms. The van der Waals surface area contributed by atoms with Crippen molar-refractivity contribution >= 4 is 0 Å². The average molecular weight is 296 g/mol. The van der Waals surface area contributed by atoms with Crippen molar-refractivity contribution in [3.05, 3.63) is 59.2 Å². The molecule has 1 unspecified atom stereocenters. The Morgan fingerprint density at radius 2 is 2.00 bits per heavy atom. The summed E-state index contributed by atoms with van der Waals surface area (Å²) < 4.78 is 0. The zero-order chi connectivity index (χ0) is 15.4. The number of hydrogen-bond donors (Lipinski definition) is 1. The van der Waals surface area contributed by atoms with Crippen LogP contribution in [0.15, 0.2) is 36.8 Å². The Kier molecular flexibility index (Phi) is 4.80. The van der Waals surface area contributed by atoms with E-state index < -0.39 is 0 Å². The zero-order valence-corrected chi connectivity index (χ0v) is 13.4. The quantitative estimate of drug-likeness (QED) is 0.945. The number of nitrogens with one attached hydrogen (secondary N) is 1. The van der Waals surface area contributed by atoms with Gasteiger partial charge in [-0.3, -0.25) is 14.9 Å². The Labute approximate surface area is 132 Å². The van der Waals surface area contributed by atoms with Gasteiger partial charge >= 0.3 is 0 Å². The topological polar surface area (TPSA) is 41.1 Å². The minimum absolute atomic E-state index is 0.212. The highest BCUT2D eigenvalue weighted by Gasteiger charge is 2.25. The smallest absolute Gasteiger partial charge is 0.0780 e. The van der Waals surface area contributed by atoms with Gasteiger partial charge < -0.3 is 5.32 Å². The van der Waals surface area contributed by atoms with Crippen LogP contribution in [0.5, 0.6) is 0 Å². The van der Waals surface area contributed by atoms with Crippen molar-refractivity contribution in [2.24, 2.45) is 0 Å². The second-order valence-corrected chi connectivity index (χ2v) is 6.03. The zero-order valence-electron chi connectivity index (χ0n) is 13.4. The van der Waals surface area contributed by atoms with Gasteiger partial charge in [0.15, 0.2) is 0 Å². The van der Waals surface area contributed by atoms with Crippen molar-refractivity contribution in [2.45, 2.75) is 26.3 Å². The van der Waals surface area contributed by atoms with E-state index in [0.29, 0.717) is 0 Å². The summed E-state index contributed by atoms with van der Waals surface area (Å²) in [7, 11) is 0. The van der Waals surface area contributed by atoms with Crippen LogP contribution in [0.1, 0.15) is 34.8 Å². The Morgan fingerprint density at radius 3 is 2.77 bits per heavy atom. The summed E-state index contributed by atoms with van der Waals surface area (Å²) in [5.74, 6) is 0. The van der Waals surface area contributed by atoms with Gasteiger partial charge in [0, 0.05) is 38.2 Å². The summed E-state index contributed by atoms with van der Waals surface area (Å²) in [6.45, 7) is 8.49. The molecular weight excluding hydrogens is 272 g/mol. The van der Waals surface area contributed by atoms with Gasteiger partial charge in [-0.05, 0) is 55.6 Å². The minimum Gasteiger partial charge on any atom is -0.315 e. The molecule has 0 aromatic carbocycles. The second kappa shape index (κ2) is 6.99. The average Bonchev–Trinajstić information content (AvgIpc) is 2.80. The predicted octanol–water partition coefficient (Wildman–Crippen LogP) is 2.48. The third kappa shape index (κ3) is 3.34. The molecule has 1 atom stereocenters. The Hall–Kier alpha value is -1.78. The van der Waals surface area contributed by atoms with Gasteiger partial charge in [-0.1, -0.05) is 6.07 Å². The van der Waals surface area contributed by atoms with Crippen LogP contribution in [0.2, 0.25) is 0 Å². The summed E-state index contributed by atoms with van der Waals surface area (Å²) in [6, 6.07) is 6.67. The maximum atomic E-state index is 4.72. The van der Waals surface area contributed by atoms with Gasteiger partial charge in [-0.15, -0.1) is 0 Å². The first kappa shape index (κ1) is 15.1. The molecule has 0 aliphatic carbocycles. The highest BCUT2D eigenvalue weighted by Crippen LogP contribution is 2.29. The number of nitrogens with zero attached hydrogens (tertiary/aromatic N) is 3. The summed E-state index contributed by atoms with van der Waals surface area (Å²) in [5, 5.41) is 3.48. The summed E-state index contributed by atoms with van der Waals surface area (Å²) in [4.78, 5) is 11.5. The Morgan fingerprint density at radius 1 is 1.09 bits per heavy atom. The maximum absolute atomic E-state index is 4.72. The number of hydrogen-bond acceptors (Lipinski definition) is 4. The largest absolute Gasteiger partial charge is 0.315 e. The molecule has 0 amide bonds. The van der Waals surface area contributed by atoms with E-state index in [1.54, 1.807) is 0 Å². The lowest BCUT2D eigenvalue weighted by molar-refractivity contribution is 0.236. The summed E-state index contributed by atoms with van der Waals surface area (Å²) in [6.07, 6.45) is 6.98. The highest BCUT2D eigenvalue weighted by atomic mass is 15.2. The van der Waals surface area contributed by atoms with Crippen molar-refractivity contribution in [3.8, 4) is 0 Å². The molecule has 0 saturated carbocycles. The molecule has 1 aliphatic heterocycles. The van der Waals surface area contributed by atoms with Crippen LogP contribution in [0, 0.1) is 13.8 Å². The van der Waals surface area contributed by atoms with Gasteiger partial charge in [0.2, 0.25) is 0 Å².